The Hall–Kier alpha value is -4.41. The number of cyclic esters (lactones) is 1. The monoisotopic (exact) mass is 581 g/mol. The van der Waals surface area contributed by atoms with Crippen LogP contribution in [0, 0.1) is 11.8 Å². The lowest BCUT2D eigenvalue weighted by Crippen LogP contribution is -2.56. The minimum Gasteiger partial charge on any atom is -0.459 e. The van der Waals surface area contributed by atoms with Crippen molar-refractivity contribution < 1.29 is 38.2 Å². The van der Waals surface area contributed by atoms with Crippen molar-refractivity contribution in [3.8, 4) is 0 Å². The number of carbonyl (C=O) groups is 5. The van der Waals surface area contributed by atoms with E-state index in [1.165, 1.54) is 6.92 Å². The van der Waals surface area contributed by atoms with E-state index in [4.69, 9.17) is 14.2 Å². The highest BCUT2D eigenvalue weighted by Gasteiger charge is 2.49. The molecule has 3 amide bonds. The third-order valence-electron chi connectivity index (χ3n) is 7.09. The normalized spacial score (nSPS) is 17.8. The van der Waals surface area contributed by atoms with E-state index in [0.717, 1.165) is 17.5 Å². The summed E-state index contributed by atoms with van der Waals surface area (Å²) in [6.45, 7) is 5.57. The largest absolute Gasteiger partial charge is 0.459 e. The average molecular weight is 582 g/mol. The minimum absolute atomic E-state index is 0.0203. The Kier molecular flexibility index (Phi) is 12.3. The van der Waals surface area contributed by atoms with E-state index in [2.05, 4.69) is 16.0 Å². The maximum Gasteiger partial charge on any atom is 0.408 e. The maximum absolute atomic E-state index is 12.9. The fourth-order valence-corrected chi connectivity index (χ4v) is 4.33. The van der Waals surface area contributed by atoms with Crippen LogP contribution in [-0.4, -0.2) is 54.6 Å². The Morgan fingerprint density at radius 2 is 1.48 bits per heavy atom. The molecule has 42 heavy (non-hydrogen) atoms. The van der Waals surface area contributed by atoms with Crippen molar-refractivity contribution in [3.63, 3.8) is 0 Å². The number of nitrogens with one attached hydrogen (secondary N) is 3. The van der Waals surface area contributed by atoms with Gasteiger partial charge in [-0.3, -0.25) is 14.4 Å². The Bertz CT molecular complexity index is 1210. The molecule has 3 rings (SSSR count). The summed E-state index contributed by atoms with van der Waals surface area (Å²) in [6, 6.07) is 16.2. The molecule has 11 nitrogen and oxygen atoms in total. The zero-order chi connectivity index (χ0) is 30.5. The Balaban J connectivity index is 1.51. The Labute approximate surface area is 245 Å². The first-order valence-corrected chi connectivity index (χ1v) is 14.2. The summed E-state index contributed by atoms with van der Waals surface area (Å²) in [7, 11) is 0. The van der Waals surface area contributed by atoms with Crippen LogP contribution in [0.2, 0.25) is 0 Å². The second kappa shape index (κ2) is 16.1. The highest BCUT2D eigenvalue weighted by Crippen LogP contribution is 2.31. The molecule has 0 spiro atoms. The van der Waals surface area contributed by atoms with Crippen LogP contribution >= 0.6 is 0 Å². The summed E-state index contributed by atoms with van der Waals surface area (Å²) in [5.41, 5.74) is 1.58. The topological polar surface area (TPSA) is 149 Å². The van der Waals surface area contributed by atoms with Gasteiger partial charge in [-0.05, 0) is 36.8 Å². The van der Waals surface area contributed by atoms with Gasteiger partial charge in [-0.15, -0.1) is 0 Å². The molecule has 11 heteroatoms. The van der Waals surface area contributed by atoms with Gasteiger partial charge < -0.3 is 30.2 Å². The zero-order valence-corrected chi connectivity index (χ0v) is 24.2. The van der Waals surface area contributed by atoms with E-state index in [1.807, 2.05) is 62.4 Å². The number of rotatable bonds is 15. The maximum atomic E-state index is 12.9. The molecule has 0 radical (unpaired) electrons. The zero-order valence-electron chi connectivity index (χ0n) is 24.2. The molecule has 0 bridgehead atoms. The Morgan fingerprint density at radius 3 is 2.05 bits per heavy atom. The predicted octanol–water partition coefficient (Wildman–Crippen LogP) is 3.01. The minimum atomic E-state index is -1.03. The molecule has 1 aliphatic heterocycles. The van der Waals surface area contributed by atoms with Crippen molar-refractivity contribution in [2.75, 3.05) is 6.54 Å². The van der Waals surface area contributed by atoms with Gasteiger partial charge in [-0.25, -0.2) is 9.59 Å². The molecule has 1 unspecified atom stereocenters. The first kappa shape index (κ1) is 32.1. The lowest BCUT2D eigenvalue weighted by Gasteiger charge is -2.37. The van der Waals surface area contributed by atoms with Gasteiger partial charge in [-0.2, -0.15) is 0 Å². The molecular formula is C31H39N3O8. The van der Waals surface area contributed by atoms with E-state index >= 15 is 0 Å². The lowest BCUT2D eigenvalue weighted by atomic mass is 9.83. The molecule has 0 saturated carbocycles. The smallest absolute Gasteiger partial charge is 0.408 e. The van der Waals surface area contributed by atoms with Crippen molar-refractivity contribution in [3.05, 3.63) is 71.8 Å². The summed E-state index contributed by atoms with van der Waals surface area (Å²) >= 11 is 0. The van der Waals surface area contributed by atoms with E-state index < -0.39 is 42.1 Å². The van der Waals surface area contributed by atoms with Gasteiger partial charge in [0.25, 0.3) is 5.91 Å². The molecule has 1 heterocycles. The number of esters is 2. The summed E-state index contributed by atoms with van der Waals surface area (Å²) in [5.74, 6) is -2.47. The molecule has 1 saturated heterocycles. The van der Waals surface area contributed by atoms with Crippen LogP contribution in [0.4, 0.5) is 4.79 Å². The Morgan fingerprint density at radius 1 is 0.881 bits per heavy atom. The van der Waals surface area contributed by atoms with Gasteiger partial charge in [0.15, 0.2) is 6.10 Å². The van der Waals surface area contributed by atoms with Gasteiger partial charge in [0, 0.05) is 6.54 Å². The van der Waals surface area contributed by atoms with Gasteiger partial charge in [0.05, 0.1) is 0 Å². The van der Waals surface area contributed by atoms with Gasteiger partial charge in [-0.1, -0.05) is 80.9 Å². The number of hydrogen-bond acceptors (Lipinski definition) is 8. The standard InChI is InChI=1S/C31H39N3O8/c1-4-20(2)25-26(42-30(25)38)28(36)32-17-11-16-24(29(37)40-18-22-12-7-5-8-13-22)34-27(35)21(3)33-31(39)41-19-23-14-9-6-10-15-23/h5-10,12-15,20-21,24-26H,4,11,16-19H2,1-3H3,(H,32,36)(H,33,39)(H,34,35)/t20-,21-,24-,25-,26?/m0/s1. The van der Waals surface area contributed by atoms with Crippen LogP contribution in [0.15, 0.2) is 60.7 Å². The van der Waals surface area contributed by atoms with E-state index in [1.54, 1.807) is 12.1 Å². The third kappa shape index (κ3) is 9.60. The molecule has 3 N–H and O–H groups in total. The number of hydrogen-bond donors (Lipinski definition) is 3. The number of carbonyl (C=O) groups excluding carboxylic acids is 5. The molecule has 2 aromatic rings. The summed E-state index contributed by atoms with van der Waals surface area (Å²) in [6.07, 6.45) is -0.377. The van der Waals surface area contributed by atoms with Crippen LogP contribution in [0.25, 0.3) is 0 Å². The number of alkyl carbamates (subject to hydrolysis) is 1. The first-order valence-electron chi connectivity index (χ1n) is 14.2. The SMILES string of the molecule is CC[C@H](C)[C@@H]1C(=O)OC1C(=O)NCCC[C@H](NC(=O)[C@H](C)NC(=O)OCc1ccccc1)C(=O)OCc1ccccc1. The molecule has 2 aromatic carbocycles. The van der Waals surface area contributed by atoms with Crippen LogP contribution in [0.3, 0.4) is 0 Å². The van der Waals surface area contributed by atoms with Gasteiger partial charge in [0.2, 0.25) is 5.91 Å². The molecular weight excluding hydrogens is 542 g/mol. The van der Waals surface area contributed by atoms with E-state index in [9.17, 15) is 24.0 Å². The molecule has 1 aliphatic rings. The summed E-state index contributed by atoms with van der Waals surface area (Å²) in [4.78, 5) is 62.4. The third-order valence-corrected chi connectivity index (χ3v) is 7.09. The van der Waals surface area contributed by atoms with Crippen molar-refractivity contribution in [1.82, 2.24) is 16.0 Å². The molecule has 0 aliphatic carbocycles. The van der Waals surface area contributed by atoms with Crippen LogP contribution in [0.5, 0.6) is 0 Å². The lowest BCUT2D eigenvalue weighted by molar-refractivity contribution is -0.193. The van der Waals surface area contributed by atoms with Crippen LogP contribution in [0.1, 0.15) is 51.2 Å². The van der Waals surface area contributed by atoms with E-state index in [-0.39, 0.29) is 44.0 Å². The second-order valence-corrected chi connectivity index (χ2v) is 10.3. The van der Waals surface area contributed by atoms with E-state index in [0.29, 0.717) is 6.42 Å². The van der Waals surface area contributed by atoms with Crippen molar-refractivity contribution in [1.29, 1.82) is 0 Å². The number of ether oxygens (including phenoxy) is 3. The summed E-state index contributed by atoms with van der Waals surface area (Å²) < 4.78 is 15.7. The average Bonchev–Trinajstić information content (AvgIpc) is 2.99. The van der Waals surface area contributed by atoms with Crippen LogP contribution in [-0.2, 0) is 46.6 Å². The molecule has 1 fully saturated rings. The predicted molar refractivity (Wildman–Crippen MR) is 152 cm³/mol. The first-order chi connectivity index (χ1) is 20.2. The molecule has 0 aromatic heterocycles. The highest BCUT2D eigenvalue weighted by atomic mass is 16.6. The van der Waals surface area contributed by atoms with Gasteiger partial charge >= 0.3 is 18.0 Å². The quantitative estimate of drug-likeness (QED) is 0.165. The van der Waals surface area contributed by atoms with Gasteiger partial charge in [0.1, 0.15) is 31.2 Å². The van der Waals surface area contributed by atoms with Crippen molar-refractivity contribution in [2.24, 2.45) is 11.8 Å². The fraction of sp³-hybridized carbons (Fsp3) is 0.452. The molecule has 226 valence electrons. The van der Waals surface area contributed by atoms with Crippen molar-refractivity contribution in [2.45, 2.75) is 71.4 Å². The molecule has 5 atom stereocenters. The van der Waals surface area contributed by atoms with Crippen LogP contribution < -0.4 is 16.0 Å². The second-order valence-electron chi connectivity index (χ2n) is 10.3. The number of benzene rings is 2. The van der Waals surface area contributed by atoms with Crippen molar-refractivity contribution >= 4 is 29.8 Å². The fourth-order valence-electron chi connectivity index (χ4n) is 4.33. The summed E-state index contributed by atoms with van der Waals surface area (Å²) in [5, 5.41) is 7.83. The number of amides is 3. The highest BCUT2D eigenvalue weighted by molar-refractivity contribution is 5.94.